The van der Waals surface area contributed by atoms with E-state index < -0.39 is 28.0 Å². The second kappa shape index (κ2) is 35.8. The van der Waals surface area contributed by atoms with E-state index >= 15 is 0 Å². The third-order valence-electron chi connectivity index (χ3n) is 7.67. The Morgan fingerprint density at radius 3 is 1.48 bits per heavy atom. The van der Waals surface area contributed by atoms with E-state index in [-0.39, 0.29) is 12.3 Å². The molecule has 0 aromatic rings. The number of aliphatic hydroxyl groups excluding tert-OH is 1. The van der Waals surface area contributed by atoms with E-state index in [0.717, 1.165) is 64.2 Å². The molecule has 6 nitrogen and oxygen atoms in total. The molecule has 7 heteroatoms. The van der Waals surface area contributed by atoms with Crippen LogP contribution in [0.15, 0.2) is 109 Å². The number of amides is 1. The van der Waals surface area contributed by atoms with Gasteiger partial charge in [0.05, 0.1) is 17.9 Å². The third kappa shape index (κ3) is 36.3. The number of carbonyl (C=O) groups is 1. The average molecular weight is 712 g/mol. The Balaban J connectivity index is 4.23. The van der Waals surface area contributed by atoms with Crippen molar-refractivity contribution in [2.24, 2.45) is 0 Å². The lowest BCUT2D eigenvalue weighted by molar-refractivity contribution is -0.122. The Morgan fingerprint density at radius 1 is 0.560 bits per heavy atom. The first-order chi connectivity index (χ1) is 24.3. The van der Waals surface area contributed by atoms with Crippen molar-refractivity contribution in [1.82, 2.24) is 5.32 Å². The summed E-state index contributed by atoms with van der Waals surface area (Å²) in [5.41, 5.74) is 0. The maximum absolute atomic E-state index is 12.4. The molecule has 2 atom stereocenters. The van der Waals surface area contributed by atoms with Crippen molar-refractivity contribution in [1.29, 1.82) is 0 Å². The molecular formula is C43H69NO5S. The molecule has 0 aromatic carbocycles. The molecule has 0 saturated carbocycles. The van der Waals surface area contributed by atoms with Gasteiger partial charge in [-0.15, -0.1) is 0 Å². The van der Waals surface area contributed by atoms with E-state index in [0.29, 0.717) is 12.8 Å². The van der Waals surface area contributed by atoms with Crippen molar-refractivity contribution in [3.63, 3.8) is 0 Å². The van der Waals surface area contributed by atoms with Gasteiger partial charge in [-0.2, -0.15) is 8.42 Å². The van der Waals surface area contributed by atoms with Crippen molar-refractivity contribution in [3.05, 3.63) is 109 Å². The van der Waals surface area contributed by atoms with E-state index in [1.807, 2.05) is 12.2 Å². The number of aliphatic hydroxyl groups is 1. The molecule has 3 N–H and O–H groups in total. The van der Waals surface area contributed by atoms with E-state index in [4.69, 9.17) is 0 Å². The van der Waals surface area contributed by atoms with Gasteiger partial charge in [0.1, 0.15) is 0 Å². The van der Waals surface area contributed by atoms with Crippen LogP contribution in [0.5, 0.6) is 0 Å². The highest BCUT2D eigenvalue weighted by Crippen LogP contribution is 2.08. The Hall–Kier alpha value is -3.00. The van der Waals surface area contributed by atoms with Gasteiger partial charge in [0.15, 0.2) is 0 Å². The van der Waals surface area contributed by atoms with Crippen LogP contribution in [0.25, 0.3) is 0 Å². The standard InChI is InChI=1S/C43H69NO5S/c1-3-5-7-9-11-13-15-17-19-21-22-23-25-27-29-31-33-35-37-39-43(46)44-41(40-50(47,48)49)42(45)38-36-34-32-30-28-26-24-20-18-16-14-12-10-8-6-4-2/h5,7,11,13,17-20,22-23,27-30,33,35-36,38,41-42,45H,3-4,6,8-10,12,14-16,21,24-26,31-32,34,37,39-40H2,1-2H3,(H,44,46)(H,47,48,49)/b7-5-,13-11-,19-17-,20-18+,23-22-,29-27-,30-28+,35-33-,38-36+. The largest absolute Gasteiger partial charge is 0.387 e. The second-order valence-corrected chi connectivity index (χ2v) is 13.9. The number of hydrogen-bond acceptors (Lipinski definition) is 4. The lowest BCUT2D eigenvalue weighted by Crippen LogP contribution is -2.46. The van der Waals surface area contributed by atoms with Crippen molar-refractivity contribution in [2.45, 2.75) is 148 Å². The highest BCUT2D eigenvalue weighted by Gasteiger charge is 2.24. The van der Waals surface area contributed by atoms with Crippen molar-refractivity contribution >= 4 is 16.0 Å². The van der Waals surface area contributed by atoms with Gasteiger partial charge in [-0.25, -0.2) is 0 Å². The van der Waals surface area contributed by atoms with Crippen molar-refractivity contribution < 1.29 is 22.9 Å². The normalized spacial score (nSPS) is 14.6. The summed E-state index contributed by atoms with van der Waals surface area (Å²) in [5.74, 6) is -1.13. The molecular weight excluding hydrogens is 643 g/mol. The van der Waals surface area contributed by atoms with Gasteiger partial charge in [0, 0.05) is 6.42 Å². The zero-order valence-corrected chi connectivity index (χ0v) is 32.0. The topological polar surface area (TPSA) is 104 Å². The smallest absolute Gasteiger partial charge is 0.267 e. The number of unbranched alkanes of at least 4 members (excludes halogenated alkanes) is 8. The molecule has 50 heavy (non-hydrogen) atoms. The second-order valence-electron chi connectivity index (χ2n) is 12.4. The van der Waals surface area contributed by atoms with Crippen LogP contribution in [0.4, 0.5) is 0 Å². The van der Waals surface area contributed by atoms with Crippen molar-refractivity contribution in [3.8, 4) is 0 Å². The first kappa shape index (κ1) is 47.0. The third-order valence-corrected chi connectivity index (χ3v) is 8.45. The summed E-state index contributed by atoms with van der Waals surface area (Å²) in [6.07, 6.45) is 55.1. The molecule has 0 aliphatic heterocycles. The maximum Gasteiger partial charge on any atom is 0.267 e. The zero-order chi connectivity index (χ0) is 36.8. The minimum Gasteiger partial charge on any atom is -0.387 e. The molecule has 0 rings (SSSR count). The summed E-state index contributed by atoms with van der Waals surface area (Å²) in [4.78, 5) is 12.4. The van der Waals surface area contributed by atoms with E-state index in [1.54, 1.807) is 6.08 Å². The van der Waals surface area contributed by atoms with Gasteiger partial charge in [0.2, 0.25) is 5.91 Å². The summed E-state index contributed by atoms with van der Waals surface area (Å²) in [7, 11) is -4.39. The first-order valence-corrected chi connectivity index (χ1v) is 20.7. The number of hydrogen-bond donors (Lipinski definition) is 3. The predicted molar refractivity (Wildman–Crippen MR) is 216 cm³/mol. The Kier molecular flexibility index (Phi) is 33.7. The molecule has 0 radical (unpaired) electrons. The molecule has 0 spiro atoms. The van der Waals surface area contributed by atoms with Crippen LogP contribution in [0.1, 0.15) is 136 Å². The quantitative estimate of drug-likeness (QED) is 0.0366. The summed E-state index contributed by atoms with van der Waals surface area (Å²) >= 11 is 0. The molecule has 1 amide bonds. The fraction of sp³-hybridized carbons (Fsp3) is 0.558. The highest BCUT2D eigenvalue weighted by molar-refractivity contribution is 7.85. The SMILES string of the molecule is CC/C=C\C/C=C\C/C=C\C/C=C\C/C=C\C/C=C\CCC(=O)NC(CS(=O)(=O)O)C(O)/C=C/CC/C=C/CC/C=C/CCCCCCCC. The Bertz CT molecular complexity index is 1190. The van der Waals surface area contributed by atoms with E-state index in [2.05, 4.69) is 104 Å². The molecule has 0 aromatic heterocycles. The van der Waals surface area contributed by atoms with Crippen LogP contribution >= 0.6 is 0 Å². The highest BCUT2D eigenvalue weighted by atomic mass is 32.2. The van der Waals surface area contributed by atoms with Crippen LogP contribution in [0, 0.1) is 0 Å². The average Bonchev–Trinajstić information content (AvgIpc) is 3.08. The van der Waals surface area contributed by atoms with E-state index in [9.17, 15) is 22.9 Å². The van der Waals surface area contributed by atoms with Gasteiger partial charge < -0.3 is 10.4 Å². The maximum atomic E-state index is 12.4. The minimum atomic E-state index is -4.39. The van der Waals surface area contributed by atoms with Crippen LogP contribution in [-0.2, 0) is 14.9 Å². The lowest BCUT2D eigenvalue weighted by Gasteiger charge is -2.20. The summed E-state index contributed by atoms with van der Waals surface area (Å²) < 4.78 is 32.4. The van der Waals surface area contributed by atoms with E-state index in [1.165, 1.54) is 44.6 Å². The number of carbonyl (C=O) groups excluding carboxylic acids is 1. The Labute approximate surface area is 306 Å². The fourth-order valence-corrected chi connectivity index (χ4v) is 5.59. The molecule has 0 heterocycles. The van der Waals surface area contributed by atoms with Crippen LogP contribution in [0.2, 0.25) is 0 Å². The van der Waals surface area contributed by atoms with Gasteiger partial charge in [0.25, 0.3) is 10.1 Å². The van der Waals surface area contributed by atoms with Gasteiger partial charge >= 0.3 is 0 Å². The monoisotopic (exact) mass is 711 g/mol. The molecule has 0 aliphatic rings. The van der Waals surface area contributed by atoms with Gasteiger partial charge in [-0.05, 0) is 83.5 Å². The van der Waals surface area contributed by atoms with Crippen LogP contribution < -0.4 is 5.32 Å². The van der Waals surface area contributed by atoms with Crippen molar-refractivity contribution in [2.75, 3.05) is 5.75 Å². The van der Waals surface area contributed by atoms with Gasteiger partial charge in [-0.3, -0.25) is 9.35 Å². The summed E-state index contributed by atoms with van der Waals surface area (Å²) in [6.45, 7) is 4.38. The Morgan fingerprint density at radius 2 is 0.980 bits per heavy atom. The molecule has 282 valence electrons. The summed E-state index contributed by atoms with van der Waals surface area (Å²) in [5, 5.41) is 13.1. The molecule has 0 saturated heterocycles. The fourth-order valence-electron chi connectivity index (χ4n) is 4.85. The zero-order valence-electron chi connectivity index (χ0n) is 31.2. The number of allylic oxidation sites excluding steroid dienone is 17. The molecule has 0 fully saturated rings. The predicted octanol–water partition coefficient (Wildman–Crippen LogP) is 11.2. The summed E-state index contributed by atoms with van der Waals surface area (Å²) in [6, 6.07) is -1.13. The molecule has 2 unspecified atom stereocenters. The number of rotatable bonds is 32. The lowest BCUT2D eigenvalue weighted by atomic mass is 10.1. The van der Waals surface area contributed by atoms with Crippen LogP contribution in [-0.4, -0.2) is 41.9 Å². The molecule has 0 bridgehead atoms. The van der Waals surface area contributed by atoms with Gasteiger partial charge in [-0.1, -0.05) is 155 Å². The first-order valence-electron chi connectivity index (χ1n) is 19.1. The minimum absolute atomic E-state index is 0.152. The number of nitrogens with one attached hydrogen (secondary N) is 1. The van der Waals surface area contributed by atoms with Crippen LogP contribution in [0.3, 0.4) is 0 Å². The molecule has 0 aliphatic carbocycles.